The van der Waals surface area contributed by atoms with Crippen molar-refractivity contribution in [3.05, 3.63) is 108 Å². The molecule has 176 valence electrons. The summed E-state index contributed by atoms with van der Waals surface area (Å²) in [5.41, 5.74) is 4.51. The molecule has 0 radical (unpaired) electrons. The standard InChI is InChI=1S/C29H26N2O4/c1-33-26-18-22(14-16-24(26)30-28(32)20-10-6-4-7-11-20)23-15-17-25(27(19-23)34-2)31-29(35-3)21-12-8-5-9-13-21/h4-19H,1-3H3,(H,30,32)/b31-29-. The molecule has 1 N–H and O–H groups in total. The molecule has 6 nitrogen and oxygen atoms in total. The van der Waals surface area contributed by atoms with E-state index in [1.165, 1.54) is 0 Å². The van der Waals surface area contributed by atoms with Crippen LogP contribution in [-0.2, 0) is 4.74 Å². The molecular formula is C29H26N2O4. The van der Waals surface area contributed by atoms with Crippen molar-refractivity contribution in [2.45, 2.75) is 0 Å². The molecule has 4 aromatic carbocycles. The lowest BCUT2D eigenvalue weighted by atomic mass is 10.0. The zero-order chi connectivity index (χ0) is 24.6. The van der Waals surface area contributed by atoms with E-state index in [-0.39, 0.29) is 5.91 Å². The third-order valence-electron chi connectivity index (χ3n) is 5.43. The molecule has 0 saturated carbocycles. The van der Waals surface area contributed by atoms with Crippen LogP contribution >= 0.6 is 0 Å². The Morgan fingerprint density at radius 1 is 0.686 bits per heavy atom. The Kier molecular flexibility index (Phi) is 7.43. The van der Waals surface area contributed by atoms with E-state index in [1.807, 2.05) is 84.9 Å². The number of carbonyl (C=O) groups excluding carboxylic acids is 1. The maximum absolute atomic E-state index is 12.6. The average Bonchev–Trinajstić information content (AvgIpc) is 2.92. The molecule has 0 heterocycles. The van der Waals surface area contributed by atoms with Crippen molar-refractivity contribution in [2.24, 2.45) is 4.99 Å². The van der Waals surface area contributed by atoms with E-state index >= 15 is 0 Å². The molecule has 4 aromatic rings. The van der Waals surface area contributed by atoms with Gasteiger partial charge in [0.25, 0.3) is 5.91 Å². The normalized spacial score (nSPS) is 11.0. The first-order valence-corrected chi connectivity index (χ1v) is 11.0. The van der Waals surface area contributed by atoms with Gasteiger partial charge in [-0.15, -0.1) is 0 Å². The summed E-state index contributed by atoms with van der Waals surface area (Å²) in [5.74, 6) is 1.46. The van der Waals surface area contributed by atoms with Gasteiger partial charge >= 0.3 is 0 Å². The highest BCUT2D eigenvalue weighted by Crippen LogP contribution is 2.36. The van der Waals surface area contributed by atoms with Crippen molar-refractivity contribution in [3.8, 4) is 22.6 Å². The molecule has 0 atom stereocenters. The molecule has 4 rings (SSSR count). The Morgan fingerprint density at radius 2 is 1.26 bits per heavy atom. The minimum Gasteiger partial charge on any atom is -0.495 e. The van der Waals surface area contributed by atoms with Crippen molar-refractivity contribution >= 4 is 23.2 Å². The summed E-state index contributed by atoms with van der Waals surface area (Å²) in [6.45, 7) is 0. The average molecular weight is 467 g/mol. The summed E-state index contributed by atoms with van der Waals surface area (Å²) >= 11 is 0. The maximum Gasteiger partial charge on any atom is 0.255 e. The monoisotopic (exact) mass is 466 g/mol. The van der Waals surface area contributed by atoms with E-state index in [4.69, 9.17) is 14.2 Å². The minimum absolute atomic E-state index is 0.201. The summed E-state index contributed by atoms with van der Waals surface area (Å²) in [5, 5.41) is 2.91. The van der Waals surface area contributed by atoms with Crippen LogP contribution in [0.1, 0.15) is 15.9 Å². The van der Waals surface area contributed by atoms with Gasteiger partial charge in [-0.05, 0) is 59.7 Å². The van der Waals surface area contributed by atoms with E-state index in [9.17, 15) is 4.79 Å². The smallest absolute Gasteiger partial charge is 0.255 e. The van der Waals surface area contributed by atoms with Crippen molar-refractivity contribution in [3.63, 3.8) is 0 Å². The van der Waals surface area contributed by atoms with Gasteiger partial charge in [-0.25, -0.2) is 4.99 Å². The SMILES string of the molecule is CO/C(=N\c1ccc(-c2ccc(NC(=O)c3ccccc3)c(OC)c2)cc1OC)c1ccccc1. The van der Waals surface area contributed by atoms with Crippen LogP contribution in [0.2, 0.25) is 0 Å². The molecule has 0 aliphatic heterocycles. The molecule has 6 heteroatoms. The quantitative estimate of drug-likeness (QED) is 0.255. The van der Waals surface area contributed by atoms with Crippen LogP contribution < -0.4 is 14.8 Å². The second kappa shape index (κ2) is 11.0. The number of carbonyl (C=O) groups is 1. The molecule has 0 fully saturated rings. The van der Waals surface area contributed by atoms with Crippen LogP contribution in [0.15, 0.2) is 102 Å². The molecule has 0 spiro atoms. The van der Waals surface area contributed by atoms with E-state index in [0.29, 0.717) is 34.3 Å². The Bertz CT molecular complexity index is 1340. The van der Waals surface area contributed by atoms with E-state index < -0.39 is 0 Å². The van der Waals surface area contributed by atoms with Gasteiger partial charge in [0.15, 0.2) is 0 Å². The molecule has 0 bridgehead atoms. The lowest BCUT2D eigenvalue weighted by molar-refractivity contribution is 0.102. The number of amides is 1. The van der Waals surface area contributed by atoms with Gasteiger partial charge in [-0.3, -0.25) is 4.79 Å². The first-order chi connectivity index (χ1) is 17.1. The molecule has 0 aliphatic carbocycles. The molecule has 35 heavy (non-hydrogen) atoms. The number of ether oxygens (including phenoxy) is 3. The number of aliphatic imine (C=N–C) groups is 1. The van der Waals surface area contributed by atoms with Crippen LogP contribution in [0.3, 0.4) is 0 Å². The Hall–Kier alpha value is -4.58. The largest absolute Gasteiger partial charge is 0.495 e. The lowest BCUT2D eigenvalue weighted by Crippen LogP contribution is -2.12. The number of benzene rings is 4. The molecule has 0 aliphatic rings. The third kappa shape index (κ3) is 5.50. The highest BCUT2D eigenvalue weighted by Gasteiger charge is 2.13. The fourth-order valence-corrected chi connectivity index (χ4v) is 3.63. The van der Waals surface area contributed by atoms with Crippen molar-refractivity contribution in [1.82, 2.24) is 0 Å². The number of nitrogens with one attached hydrogen (secondary N) is 1. The van der Waals surface area contributed by atoms with E-state index in [1.54, 1.807) is 33.5 Å². The van der Waals surface area contributed by atoms with Crippen LogP contribution in [0.4, 0.5) is 11.4 Å². The molecule has 0 unspecified atom stereocenters. The van der Waals surface area contributed by atoms with Crippen LogP contribution in [0.25, 0.3) is 11.1 Å². The van der Waals surface area contributed by atoms with E-state index in [0.717, 1.165) is 16.7 Å². The van der Waals surface area contributed by atoms with Crippen LogP contribution in [0, 0.1) is 0 Å². The number of rotatable bonds is 7. The van der Waals surface area contributed by atoms with Gasteiger partial charge in [0.1, 0.15) is 17.2 Å². The summed E-state index contributed by atoms with van der Waals surface area (Å²) in [4.78, 5) is 17.2. The van der Waals surface area contributed by atoms with Gasteiger partial charge in [0.2, 0.25) is 5.90 Å². The van der Waals surface area contributed by atoms with Gasteiger partial charge < -0.3 is 19.5 Å². The van der Waals surface area contributed by atoms with Gasteiger partial charge in [-0.2, -0.15) is 0 Å². The Labute approximate surface area is 204 Å². The van der Waals surface area contributed by atoms with Crippen molar-refractivity contribution in [1.29, 1.82) is 0 Å². The summed E-state index contributed by atoms with van der Waals surface area (Å²) in [6.07, 6.45) is 0. The third-order valence-corrected chi connectivity index (χ3v) is 5.43. The number of hydrogen-bond acceptors (Lipinski definition) is 5. The highest BCUT2D eigenvalue weighted by atomic mass is 16.5. The predicted octanol–water partition coefficient (Wildman–Crippen LogP) is 6.35. The van der Waals surface area contributed by atoms with Crippen molar-refractivity contribution in [2.75, 3.05) is 26.6 Å². The lowest BCUT2D eigenvalue weighted by Gasteiger charge is -2.14. The number of nitrogens with zero attached hydrogens (tertiary/aromatic N) is 1. The first kappa shape index (κ1) is 23.6. The number of methoxy groups -OCH3 is 3. The van der Waals surface area contributed by atoms with Crippen LogP contribution in [-0.4, -0.2) is 33.1 Å². The molecule has 1 amide bonds. The fraction of sp³-hybridized carbons (Fsp3) is 0.103. The Morgan fingerprint density at radius 3 is 1.86 bits per heavy atom. The van der Waals surface area contributed by atoms with E-state index in [2.05, 4.69) is 10.3 Å². The number of hydrogen-bond donors (Lipinski definition) is 1. The molecule has 0 aromatic heterocycles. The predicted molar refractivity (Wildman–Crippen MR) is 139 cm³/mol. The minimum atomic E-state index is -0.201. The van der Waals surface area contributed by atoms with Gasteiger partial charge in [0, 0.05) is 11.1 Å². The van der Waals surface area contributed by atoms with Crippen molar-refractivity contribution < 1.29 is 19.0 Å². The zero-order valence-electron chi connectivity index (χ0n) is 19.8. The zero-order valence-corrected chi connectivity index (χ0v) is 19.8. The highest BCUT2D eigenvalue weighted by molar-refractivity contribution is 6.05. The summed E-state index contributed by atoms with van der Waals surface area (Å²) in [7, 11) is 4.78. The maximum atomic E-state index is 12.6. The first-order valence-electron chi connectivity index (χ1n) is 11.0. The number of anilines is 1. The summed E-state index contributed by atoms with van der Waals surface area (Å²) < 4.78 is 16.7. The van der Waals surface area contributed by atoms with Gasteiger partial charge in [0.05, 0.1) is 27.0 Å². The van der Waals surface area contributed by atoms with Crippen LogP contribution in [0.5, 0.6) is 11.5 Å². The summed E-state index contributed by atoms with van der Waals surface area (Å²) in [6, 6.07) is 30.1. The molecular weight excluding hydrogens is 440 g/mol. The Balaban J connectivity index is 1.62. The second-order valence-corrected chi connectivity index (χ2v) is 7.61. The topological polar surface area (TPSA) is 69.2 Å². The van der Waals surface area contributed by atoms with Gasteiger partial charge in [-0.1, -0.05) is 48.5 Å². The molecule has 0 saturated heterocycles. The fourth-order valence-electron chi connectivity index (χ4n) is 3.63. The second-order valence-electron chi connectivity index (χ2n) is 7.61.